The SMILES string of the molecule is COc1cccc2cc(C(=O)NCCNc3ccc(Nc4cccnc4)nn3)oc12. The zero-order valence-electron chi connectivity index (χ0n) is 16.3. The molecule has 3 aromatic heterocycles. The molecule has 0 saturated heterocycles. The third kappa shape index (κ3) is 4.46. The van der Waals surface area contributed by atoms with Crippen molar-refractivity contribution in [3.8, 4) is 5.75 Å². The second-order valence-electron chi connectivity index (χ2n) is 6.34. The van der Waals surface area contributed by atoms with Crippen molar-refractivity contribution in [3.63, 3.8) is 0 Å². The maximum atomic E-state index is 12.3. The van der Waals surface area contributed by atoms with Gasteiger partial charge >= 0.3 is 0 Å². The van der Waals surface area contributed by atoms with Gasteiger partial charge in [0.1, 0.15) is 5.82 Å². The van der Waals surface area contributed by atoms with Crippen molar-refractivity contribution in [2.75, 3.05) is 30.8 Å². The Kier molecular flexibility index (Phi) is 5.70. The molecule has 0 atom stereocenters. The van der Waals surface area contributed by atoms with Crippen LogP contribution in [0.2, 0.25) is 0 Å². The van der Waals surface area contributed by atoms with Crippen molar-refractivity contribution in [1.82, 2.24) is 20.5 Å². The van der Waals surface area contributed by atoms with Gasteiger partial charge in [-0.05, 0) is 36.4 Å². The van der Waals surface area contributed by atoms with Crippen LogP contribution in [-0.4, -0.2) is 41.3 Å². The highest BCUT2D eigenvalue weighted by Gasteiger charge is 2.14. The molecule has 152 valence electrons. The maximum absolute atomic E-state index is 12.3. The van der Waals surface area contributed by atoms with Gasteiger partial charge in [0.2, 0.25) is 0 Å². The molecular formula is C21H20N6O3. The number of nitrogens with zero attached hydrogens (tertiary/aromatic N) is 3. The summed E-state index contributed by atoms with van der Waals surface area (Å²) in [5, 5.41) is 18.1. The van der Waals surface area contributed by atoms with Gasteiger partial charge in [-0.15, -0.1) is 10.2 Å². The summed E-state index contributed by atoms with van der Waals surface area (Å²) in [6, 6.07) is 14.5. The van der Waals surface area contributed by atoms with Crippen molar-refractivity contribution in [2.24, 2.45) is 0 Å². The van der Waals surface area contributed by atoms with Gasteiger partial charge in [-0.25, -0.2) is 0 Å². The Morgan fingerprint density at radius 1 is 1.07 bits per heavy atom. The second kappa shape index (κ2) is 8.91. The molecule has 1 amide bonds. The van der Waals surface area contributed by atoms with E-state index in [1.165, 1.54) is 0 Å². The van der Waals surface area contributed by atoms with Crippen LogP contribution >= 0.6 is 0 Å². The smallest absolute Gasteiger partial charge is 0.287 e. The number of carbonyl (C=O) groups is 1. The van der Waals surface area contributed by atoms with Gasteiger partial charge in [-0.3, -0.25) is 9.78 Å². The van der Waals surface area contributed by atoms with Crippen molar-refractivity contribution in [3.05, 3.63) is 66.7 Å². The van der Waals surface area contributed by atoms with Crippen LogP contribution in [0, 0.1) is 0 Å². The van der Waals surface area contributed by atoms with Crippen LogP contribution in [0.5, 0.6) is 5.75 Å². The molecule has 0 aliphatic carbocycles. The number of furan rings is 1. The molecule has 0 unspecified atom stereocenters. The van der Waals surface area contributed by atoms with E-state index >= 15 is 0 Å². The van der Waals surface area contributed by atoms with E-state index in [4.69, 9.17) is 9.15 Å². The lowest BCUT2D eigenvalue weighted by Crippen LogP contribution is -2.28. The number of para-hydroxylation sites is 1. The van der Waals surface area contributed by atoms with Crippen molar-refractivity contribution in [2.45, 2.75) is 0 Å². The second-order valence-corrected chi connectivity index (χ2v) is 6.34. The molecule has 9 heteroatoms. The third-order valence-electron chi connectivity index (χ3n) is 4.27. The number of methoxy groups -OCH3 is 1. The number of benzene rings is 1. The zero-order chi connectivity index (χ0) is 20.8. The highest BCUT2D eigenvalue weighted by atomic mass is 16.5. The Hall–Kier alpha value is -4.14. The minimum absolute atomic E-state index is 0.236. The standard InChI is InChI=1S/C21H20N6O3/c1-29-16-6-2-4-14-12-17(30-20(14)16)21(28)24-11-10-23-18-7-8-19(27-26-18)25-15-5-3-9-22-13-15/h2-9,12-13H,10-11H2,1H3,(H,23,26)(H,24,28)(H,25,27). The number of nitrogens with one attached hydrogen (secondary N) is 3. The van der Waals surface area contributed by atoms with Crippen LogP contribution in [0.15, 0.2) is 65.3 Å². The highest BCUT2D eigenvalue weighted by molar-refractivity contribution is 5.97. The predicted octanol–water partition coefficient (Wildman–Crippen LogP) is 3.21. The third-order valence-corrected chi connectivity index (χ3v) is 4.27. The van der Waals surface area contributed by atoms with E-state index in [9.17, 15) is 4.79 Å². The summed E-state index contributed by atoms with van der Waals surface area (Å²) in [5.41, 5.74) is 1.39. The Bertz CT molecular complexity index is 1130. The van der Waals surface area contributed by atoms with E-state index < -0.39 is 0 Å². The number of rotatable bonds is 8. The van der Waals surface area contributed by atoms with Crippen molar-refractivity contribution in [1.29, 1.82) is 0 Å². The quantitative estimate of drug-likeness (QED) is 0.384. The molecule has 4 aromatic rings. The summed E-state index contributed by atoms with van der Waals surface area (Å²) < 4.78 is 10.9. The van der Waals surface area contributed by atoms with E-state index in [1.807, 2.05) is 30.3 Å². The summed E-state index contributed by atoms with van der Waals surface area (Å²) in [4.78, 5) is 16.4. The predicted molar refractivity (Wildman–Crippen MR) is 113 cm³/mol. The summed E-state index contributed by atoms with van der Waals surface area (Å²) >= 11 is 0. The molecule has 9 nitrogen and oxygen atoms in total. The zero-order valence-corrected chi connectivity index (χ0v) is 16.3. The Morgan fingerprint density at radius 3 is 2.70 bits per heavy atom. The first-order valence-corrected chi connectivity index (χ1v) is 9.32. The van der Waals surface area contributed by atoms with E-state index in [-0.39, 0.29) is 11.7 Å². The number of carbonyl (C=O) groups excluding carboxylic acids is 1. The Labute approximate surface area is 172 Å². The molecule has 0 saturated carbocycles. The molecule has 3 N–H and O–H groups in total. The topological polar surface area (TPSA) is 114 Å². The Morgan fingerprint density at radius 2 is 1.93 bits per heavy atom. The van der Waals surface area contributed by atoms with Crippen LogP contribution in [0.25, 0.3) is 11.0 Å². The fourth-order valence-corrected chi connectivity index (χ4v) is 2.84. The van der Waals surface area contributed by atoms with Crippen LogP contribution in [0.4, 0.5) is 17.3 Å². The fraction of sp³-hybridized carbons (Fsp3) is 0.143. The van der Waals surface area contributed by atoms with Crippen LogP contribution in [0.1, 0.15) is 10.6 Å². The molecule has 4 rings (SSSR count). The van der Waals surface area contributed by atoms with Crippen LogP contribution < -0.4 is 20.7 Å². The number of fused-ring (bicyclic) bond motifs is 1. The van der Waals surface area contributed by atoms with Crippen LogP contribution in [-0.2, 0) is 0 Å². The lowest BCUT2D eigenvalue weighted by Gasteiger charge is -2.07. The lowest BCUT2D eigenvalue weighted by atomic mass is 10.2. The number of hydrogen-bond donors (Lipinski definition) is 3. The molecule has 0 spiro atoms. The van der Waals surface area contributed by atoms with Gasteiger partial charge in [0.25, 0.3) is 5.91 Å². The van der Waals surface area contributed by atoms with Gasteiger partial charge in [0.15, 0.2) is 22.9 Å². The van der Waals surface area contributed by atoms with Crippen molar-refractivity contribution >= 4 is 34.2 Å². The summed E-state index contributed by atoms with van der Waals surface area (Å²) in [5.74, 6) is 1.75. The van der Waals surface area contributed by atoms with Gasteiger partial charge in [0, 0.05) is 24.7 Å². The molecule has 0 fully saturated rings. The number of amides is 1. The minimum Gasteiger partial charge on any atom is -0.493 e. The van der Waals surface area contributed by atoms with Crippen molar-refractivity contribution < 1.29 is 13.9 Å². The molecule has 0 aliphatic heterocycles. The molecule has 0 bridgehead atoms. The summed E-state index contributed by atoms with van der Waals surface area (Å²) in [6.07, 6.45) is 3.41. The van der Waals surface area contributed by atoms with E-state index in [1.54, 1.807) is 37.7 Å². The van der Waals surface area contributed by atoms with Crippen LogP contribution in [0.3, 0.4) is 0 Å². The first-order chi connectivity index (χ1) is 14.7. The maximum Gasteiger partial charge on any atom is 0.287 e. The number of pyridine rings is 1. The first-order valence-electron chi connectivity index (χ1n) is 9.32. The Balaban J connectivity index is 1.26. The number of anilines is 3. The monoisotopic (exact) mass is 404 g/mol. The molecule has 0 aliphatic rings. The normalized spacial score (nSPS) is 10.6. The molecule has 30 heavy (non-hydrogen) atoms. The number of hydrogen-bond acceptors (Lipinski definition) is 8. The van der Waals surface area contributed by atoms with E-state index in [2.05, 4.69) is 31.1 Å². The minimum atomic E-state index is -0.294. The fourth-order valence-electron chi connectivity index (χ4n) is 2.84. The van der Waals surface area contributed by atoms with Gasteiger partial charge in [-0.2, -0.15) is 0 Å². The lowest BCUT2D eigenvalue weighted by molar-refractivity contribution is 0.0929. The summed E-state index contributed by atoms with van der Waals surface area (Å²) in [7, 11) is 1.56. The highest BCUT2D eigenvalue weighted by Crippen LogP contribution is 2.28. The van der Waals surface area contributed by atoms with Gasteiger partial charge in [-0.1, -0.05) is 12.1 Å². The summed E-state index contributed by atoms with van der Waals surface area (Å²) in [6.45, 7) is 0.879. The largest absolute Gasteiger partial charge is 0.493 e. The van der Waals surface area contributed by atoms with Gasteiger partial charge in [0.05, 0.1) is 19.0 Å². The first kappa shape index (κ1) is 19.2. The van der Waals surface area contributed by atoms with E-state index in [0.717, 1.165) is 11.1 Å². The average Bonchev–Trinajstić information content (AvgIpc) is 3.23. The molecule has 0 radical (unpaired) electrons. The van der Waals surface area contributed by atoms with E-state index in [0.29, 0.717) is 36.1 Å². The average molecular weight is 404 g/mol. The van der Waals surface area contributed by atoms with Gasteiger partial charge < -0.3 is 25.1 Å². The number of ether oxygens (including phenoxy) is 1. The molecule has 1 aromatic carbocycles. The molecular weight excluding hydrogens is 384 g/mol. The number of aromatic nitrogens is 3. The molecule has 3 heterocycles.